The van der Waals surface area contributed by atoms with E-state index in [1.165, 1.54) is 4.90 Å². The van der Waals surface area contributed by atoms with Crippen LogP contribution in [0.5, 0.6) is 0 Å². The number of hydrogen-bond acceptors (Lipinski definition) is 3. The van der Waals surface area contributed by atoms with E-state index in [1.54, 1.807) is 18.2 Å². The third kappa shape index (κ3) is 2.56. The molecule has 96 valence electrons. The van der Waals surface area contributed by atoms with Crippen LogP contribution in [0.25, 0.3) is 0 Å². The Balaban J connectivity index is 2.24. The number of anilines is 1. The third-order valence-electron chi connectivity index (χ3n) is 2.83. The molecule has 3 N–H and O–H groups in total. The molecule has 0 bridgehead atoms. The van der Waals surface area contributed by atoms with Crippen LogP contribution < -0.4 is 11.1 Å². The summed E-state index contributed by atoms with van der Waals surface area (Å²) >= 11 is 5.88. The molecule has 0 radical (unpaired) electrons. The lowest BCUT2D eigenvalue weighted by Gasteiger charge is -2.20. The topological polar surface area (TPSA) is 75.4 Å². The van der Waals surface area contributed by atoms with Gasteiger partial charge in [0.05, 0.1) is 22.8 Å². The number of para-hydroxylation sites is 1. The van der Waals surface area contributed by atoms with Crippen molar-refractivity contribution >= 4 is 29.1 Å². The lowest BCUT2D eigenvalue weighted by molar-refractivity contribution is -0.121. The molecule has 1 aromatic carbocycles. The summed E-state index contributed by atoms with van der Waals surface area (Å²) in [7, 11) is 0. The van der Waals surface area contributed by atoms with Crippen molar-refractivity contribution in [3.8, 4) is 0 Å². The Labute approximate surface area is 110 Å². The van der Waals surface area contributed by atoms with Gasteiger partial charge < -0.3 is 16.0 Å². The minimum absolute atomic E-state index is 0.0603. The van der Waals surface area contributed by atoms with Crippen molar-refractivity contribution in [3.63, 3.8) is 0 Å². The third-order valence-corrected chi connectivity index (χ3v) is 3.16. The molecule has 1 saturated heterocycles. The summed E-state index contributed by atoms with van der Waals surface area (Å²) in [5.41, 5.74) is 6.39. The number of nitrogens with one attached hydrogen (secondary N) is 1. The van der Waals surface area contributed by atoms with Gasteiger partial charge in [0.25, 0.3) is 5.91 Å². The monoisotopic (exact) mass is 267 g/mol. The molecule has 0 saturated carbocycles. The number of carbonyl (C=O) groups is 2. The molecule has 1 aromatic rings. The van der Waals surface area contributed by atoms with Gasteiger partial charge in [-0.05, 0) is 18.6 Å². The molecule has 18 heavy (non-hydrogen) atoms. The zero-order valence-electron chi connectivity index (χ0n) is 9.78. The highest BCUT2D eigenvalue weighted by Crippen LogP contribution is 2.23. The molecule has 1 aliphatic heterocycles. The average Bonchev–Trinajstić information content (AvgIpc) is 2.56. The van der Waals surface area contributed by atoms with Gasteiger partial charge in [0.1, 0.15) is 0 Å². The predicted molar refractivity (Wildman–Crippen MR) is 69.4 cm³/mol. The summed E-state index contributed by atoms with van der Waals surface area (Å²) in [5, 5.41) is 3.06. The highest BCUT2D eigenvalue weighted by Gasteiger charge is 2.22. The van der Waals surface area contributed by atoms with Gasteiger partial charge in [-0.3, -0.25) is 9.59 Å². The fraction of sp³-hybridized carbons (Fsp3) is 0.333. The van der Waals surface area contributed by atoms with Gasteiger partial charge >= 0.3 is 0 Å². The second-order valence-corrected chi connectivity index (χ2v) is 4.54. The number of amides is 2. The number of hydrogen-bond donors (Lipinski definition) is 2. The van der Waals surface area contributed by atoms with Gasteiger partial charge in [0.15, 0.2) is 0 Å². The first kappa shape index (κ1) is 12.7. The van der Waals surface area contributed by atoms with Gasteiger partial charge in [0, 0.05) is 13.1 Å². The SMILES string of the molecule is Nc1c(Cl)cccc1C(=O)N1CCCNC(=O)C1. The zero-order valence-corrected chi connectivity index (χ0v) is 10.5. The fourth-order valence-corrected chi connectivity index (χ4v) is 2.05. The first-order valence-corrected chi connectivity index (χ1v) is 6.07. The van der Waals surface area contributed by atoms with E-state index >= 15 is 0 Å². The van der Waals surface area contributed by atoms with E-state index in [9.17, 15) is 9.59 Å². The Morgan fingerprint density at radius 3 is 3.00 bits per heavy atom. The van der Waals surface area contributed by atoms with E-state index in [4.69, 9.17) is 17.3 Å². The number of carbonyl (C=O) groups excluding carboxylic acids is 2. The van der Waals surface area contributed by atoms with Crippen LogP contribution in [0.3, 0.4) is 0 Å². The van der Waals surface area contributed by atoms with E-state index in [0.717, 1.165) is 6.42 Å². The molecule has 5 nitrogen and oxygen atoms in total. The molecule has 1 heterocycles. The Hall–Kier alpha value is -1.75. The number of nitrogens with two attached hydrogens (primary N) is 1. The molecule has 0 spiro atoms. The summed E-state index contributed by atoms with van der Waals surface area (Å²) in [6.45, 7) is 1.18. The number of halogens is 1. The van der Waals surface area contributed by atoms with Crippen molar-refractivity contribution in [1.82, 2.24) is 10.2 Å². The van der Waals surface area contributed by atoms with Crippen molar-refractivity contribution < 1.29 is 9.59 Å². The van der Waals surface area contributed by atoms with Crippen LogP contribution in [-0.2, 0) is 4.79 Å². The van der Waals surface area contributed by atoms with Crippen LogP contribution in [-0.4, -0.2) is 36.3 Å². The smallest absolute Gasteiger partial charge is 0.256 e. The van der Waals surface area contributed by atoms with Gasteiger partial charge in [-0.2, -0.15) is 0 Å². The van der Waals surface area contributed by atoms with E-state index < -0.39 is 0 Å². The summed E-state index contributed by atoms with van der Waals surface area (Å²) in [4.78, 5) is 25.2. The summed E-state index contributed by atoms with van der Waals surface area (Å²) in [6, 6.07) is 4.92. The highest BCUT2D eigenvalue weighted by molar-refractivity contribution is 6.33. The van der Waals surface area contributed by atoms with E-state index in [2.05, 4.69) is 5.32 Å². The van der Waals surface area contributed by atoms with Gasteiger partial charge in [0.2, 0.25) is 5.91 Å². The molecule has 0 aromatic heterocycles. The van der Waals surface area contributed by atoms with Crippen LogP contribution in [0.15, 0.2) is 18.2 Å². The average molecular weight is 268 g/mol. The Morgan fingerprint density at radius 1 is 1.44 bits per heavy atom. The van der Waals surface area contributed by atoms with Crippen molar-refractivity contribution in [3.05, 3.63) is 28.8 Å². The van der Waals surface area contributed by atoms with Gasteiger partial charge in [-0.1, -0.05) is 17.7 Å². The van der Waals surface area contributed by atoms with Gasteiger partial charge in [-0.15, -0.1) is 0 Å². The Kier molecular flexibility index (Phi) is 3.72. The lowest BCUT2D eigenvalue weighted by atomic mass is 10.1. The highest BCUT2D eigenvalue weighted by atomic mass is 35.5. The second kappa shape index (κ2) is 5.27. The van der Waals surface area contributed by atoms with Crippen molar-refractivity contribution in [2.45, 2.75) is 6.42 Å². The van der Waals surface area contributed by atoms with Crippen LogP contribution in [0.1, 0.15) is 16.8 Å². The van der Waals surface area contributed by atoms with E-state index in [1.807, 2.05) is 0 Å². The zero-order chi connectivity index (χ0) is 13.1. The Morgan fingerprint density at radius 2 is 2.22 bits per heavy atom. The van der Waals surface area contributed by atoms with Crippen LogP contribution in [0.4, 0.5) is 5.69 Å². The summed E-state index contributed by atoms with van der Waals surface area (Å²) < 4.78 is 0. The maximum Gasteiger partial charge on any atom is 0.256 e. The second-order valence-electron chi connectivity index (χ2n) is 4.13. The lowest BCUT2D eigenvalue weighted by Crippen LogP contribution is -2.37. The minimum Gasteiger partial charge on any atom is -0.397 e. The number of rotatable bonds is 1. The van der Waals surface area contributed by atoms with Crippen LogP contribution in [0, 0.1) is 0 Å². The number of benzene rings is 1. The largest absolute Gasteiger partial charge is 0.397 e. The van der Waals surface area contributed by atoms with Crippen LogP contribution >= 0.6 is 11.6 Å². The first-order valence-electron chi connectivity index (χ1n) is 5.69. The molecule has 6 heteroatoms. The molecule has 1 fully saturated rings. The fourth-order valence-electron chi connectivity index (χ4n) is 1.87. The summed E-state index contributed by atoms with van der Waals surface area (Å²) in [5.74, 6) is -0.409. The number of nitrogens with zero attached hydrogens (tertiary/aromatic N) is 1. The van der Waals surface area contributed by atoms with Crippen molar-refractivity contribution in [2.75, 3.05) is 25.4 Å². The molecule has 1 aliphatic rings. The minimum atomic E-state index is -0.257. The molecule has 0 unspecified atom stereocenters. The van der Waals surface area contributed by atoms with Crippen molar-refractivity contribution in [1.29, 1.82) is 0 Å². The van der Waals surface area contributed by atoms with E-state index in [0.29, 0.717) is 23.7 Å². The maximum absolute atomic E-state index is 12.3. The molecule has 2 rings (SSSR count). The molecule has 2 amide bonds. The maximum atomic E-state index is 12.3. The Bertz CT molecular complexity index is 490. The molecular formula is C12H14ClN3O2. The number of nitrogen functional groups attached to an aromatic ring is 1. The quantitative estimate of drug-likeness (QED) is 0.742. The predicted octanol–water partition coefficient (Wildman–Crippen LogP) is 0.884. The molecule has 0 aliphatic carbocycles. The van der Waals surface area contributed by atoms with Crippen LogP contribution in [0.2, 0.25) is 5.02 Å². The van der Waals surface area contributed by atoms with Crippen molar-refractivity contribution in [2.24, 2.45) is 0 Å². The summed E-state index contributed by atoms with van der Waals surface area (Å²) in [6.07, 6.45) is 0.734. The normalized spacial score (nSPS) is 16.1. The molecular weight excluding hydrogens is 254 g/mol. The molecule has 0 atom stereocenters. The van der Waals surface area contributed by atoms with E-state index in [-0.39, 0.29) is 24.0 Å². The van der Waals surface area contributed by atoms with Gasteiger partial charge in [-0.25, -0.2) is 0 Å². The first-order chi connectivity index (χ1) is 8.59. The standard InChI is InChI=1S/C12H14ClN3O2/c13-9-4-1-3-8(11(9)14)12(18)16-6-2-5-15-10(17)7-16/h1,3-4H,2,5-7,14H2,(H,15,17).